The lowest BCUT2D eigenvalue weighted by molar-refractivity contribution is -0.144. The molecule has 0 aromatic heterocycles. The van der Waals surface area contributed by atoms with Crippen LogP contribution < -0.4 is 5.32 Å². The average molecular weight is 249 g/mol. The zero-order valence-electron chi connectivity index (χ0n) is 10.7. The summed E-state index contributed by atoms with van der Waals surface area (Å²) in [5.41, 5.74) is -0.735. The van der Waals surface area contributed by atoms with Crippen molar-refractivity contribution in [2.75, 3.05) is 13.1 Å². The predicted octanol–water partition coefficient (Wildman–Crippen LogP) is 0.807. The number of carbonyl (C=O) groups excluding carboxylic acids is 2. The van der Waals surface area contributed by atoms with Crippen LogP contribution >= 0.6 is 0 Å². The molecule has 1 aliphatic heterocycles. The van der Waals surface area contributed by atoms with Gasteiger partial charge in [0.25, 0.3) is 0 Å². The van der Waals surface area contributed by atoms with Crippen LogP contribution in [0.1, 0.15) is 39.0 Å². The summed E-state index contributed by atoms with van der Waals surface area (Å²) in [5, 5.41) is 12.0. The number of rotatable bonds is 2. The summed E-state index contributed by atoms with van der Waals surface area (Å²) in [6.45, 7) is 2.80. The van der Waals surface area contributed by atoms with E-state index in [9.17, 15) is 9.59 Å². The number of carbonyl (C=O) groups is 2. The van der Waals surface area contributed by atoms with Crippen LogP contribution in [0.25, 0.3) is 0 Å². The van der Waals surface area contributed by atoms with E-state index in [0.29, 0.717) is 25.9 Å². The minimum atomic E-state index is -0.735. The van der Waals surface area contributed by atoms with Crippen molar-refractivity contribution in [1.29, 1.82) is 5.26 Å². The zero-order valence-corrected chi connectivity index (χ0v) is 10.7. The third-order valence-corrected chi connectivity index (χ3v) is 4.02. The van der Waals surface area contributed by atoms with Gasteiger partial charge in [0.1, 0.15) is 5.41 Å². The molecule has 2 aliphatic rings. The van der Waals surface area contributed by atoms with Crippen LogP contribution in [0.15, 0.2) is 0 Å². The van der Waals surface area contributed by atoms with Crippen molar-refractivity contribution in [3.05, 3.63) is 0 Å². The Morgan fingerprint density at radius 2 is 1.94 bits per heavy atom. The van der Waals surface area contributed by atoms with Crippen molar-refractivity contribution in [3.63, 3.8) is 0 Å². The first-order chi connectivity index (χ1) is 8.57. The SMILES string of the molecule is CC(=O)NC1CCN(C(=O)C2(C#N)CCC2)CC1. The Bertz CT molecular complexity index is 388. The fourth-order valence-corrected chi connectivity index (χ4v) is 2.72. The Balaban J connectivity index is 1.88. The molecule has 0 bridgehead atoms. The molecule has 5 heteroatoms. The van der Waals surface area contributed by atoms with Gasteiger partial charge in [0, 0.05) is 26.1 Å². The molecule has 2 amide bonds. The molecule has 2 rings (SSSR count). The van der Waals surface area contributed by atoms with Gasteiger partial charge in [-0.15, -0.1) is 0 Å². The highest BCUT2D eigenvalue weighted by molar-refractivity contribution is 5.86. The number of nitrogens with zero attached hydrogens (tertiary/aromatic N) is 2. The van der Waals surface area contributed by atoms with Crippen molar-refractivity contribution in [2.24, 2.45) is 5.41 Å². The molecule has 0 spiro atoms. The van der Waals surface area contributed by atoms with E-state index in [1.807, 2.05) is 0 Å². The number of likely N-dealkylation sites (tertiary alicyclic amines) is 1. The molecule has 0 atom stereocenters. The van der Waals surface area contributed by atoms with Crippen molar-refractivity contribution in [1.82, 2.24) is 10.2 Å². The Hall–Kier alpha value is -1.57. The lowest BCUT2D eigenvalue weighted by Crippen LogP contribution is -2.52. The predicted molar refractivity (Wildman–Crippen MR) is 65.3 cm³/mol. The number of piperidine rings is 1. The van der Waals surface area contributed by atoms with Gasteiger partial charge in [-0.3, -0.25) is 9.59 Å². The number of amides is 2. The molecular weight excluding hydrogens is 230 g/mol. The van der Waals surface area contributed by atoms with Crippen molar-refractivity contribution in [2.45, 2.75) is 45.1 Å². The van der Waals surface area contributed by atoms with E-state index in [4.69, 9.17) is 5.26 Å². The maximum atomic E-state index is 12.3. The second kappa shape index (κ2) is 4.97. The highest BCUT2D eigenvalue weighted by atomic mass is 16.2. The van der Waals surface area contributed by atoms with Crippen LogP contribution in [0.5, 0.6) is 0 Å². The van der Waals surface area contributed by atoms with Gasteiger partial charge in [-0.2, -0.15) is 5.26 Å². The Morgan fingerprint density at radius 3 is 2.33 bits per heavy atom. The topological polar surface area (TPSA) is 73.2 Å². The number of hydrogen-bond donors (Lipinski definition) is 1. The van der Waals surface area contributed by atoms with Crippen LogP contribution in [0.4, 0.5) is 0 Å². The highest BCUT2D eigenvalue weighted by Gasteiger charge is 2.47. The molecule has 1 saturated heterocycles. The highest BCUT2D eigenvalue weighted by Crippen LogP contribution is 2.42. The Morgan fingerprint density at radius 1 is 1.33 bits per heavy atom. The first kappa shape index (κ1) is 12.9. The summed E-state index contributed by atoms with van der Waals surface area (Å²) in [6, 6.07) is 2.37. The van der Waals surface area contributed by atoms with Crippen molar-refractivity contribution in [3.8, 4) is 6.07 Å². The van der Waals surface area contributed by atoms with Crippen molar-refractivity contribution < 1.29 is 9.59 Å². The second-order valence-corrected chi connectivity index (χ2v) is 5.31. The molecule has 0 aromatic rings. The van der Waals surface area contributed by atoms with Crippen LogP contribution in [-0.4, -0.2) is 35.8 Å². The molecule has 0 aromatic carbocycles. The molecule has 18 heavy (non-hydrogen) atoms. The molecule has 1 heterocycles. The smallest absolute Gasteiger partial charge is 0.243 e. The maximum Gasteiger partial charge on any atom is 0.243 e. The summed E-state index contributed by atoms with van der Waals surface area (Å²) < 4.78 is 0. The first-order valence-electron chi connectivity index (χ1n) is 6.55. The van der Waals surface area contributed by atoms with Gasteiger partial charge in [0.2, 0.25) is 11.8 Å². The lowest BCUT2D eigenvalue weighted by atomic mass is 9.69. The van der Waals surface area contributed by atoms with E-state index < -0.39 is 5.41 Å². The van der Waals surface area contributed by atoms with Gasteiger partial charge in [-0.1, -0.05) is 0 Å². The standard InChI is InChI=1S/C13H19N3O2/c1-10(17)15-11-3-7-16(8-4-11)12(18)13(9-14)5-2-6-13/h11H,2-8H2,1H3,(H,15,17). The fraction of sp³-hybridized carbons (Fsp3) is 0.769. The third kappa shape index (κ3) is 2.33. The number of nitrogens with one attached hydrogen (secondary N) is 1. The summed E-state index contributed by atoms with van der Waals surface area (Å²) in [7, 11) is 0. The quantitative estimate of drug-likeness (QED) is 0.787. The maximum absolute atomic E-state index is 12.3. The number of nitriles is 1. The van der Waals surface area contributed by atoms with Crippen LogP contribution in [0, 0.1) is 16.7 Å². The fourth-order valence-electron chi connectivity index (χ4n) is 2.72. The molecule has 98 valence electrons. The molecule has 1 aliphatic carbocycles. The van der Waals surface area contributed by atoms with E-state index in [0.717, 1.165) is 19.3 Å². The summed E-state index contributed by atoms with van der Waals surface area (Å²) in [5.74, 6) is -0.0233. The van der Waals surface area contributed by atoms with Crippen LogP contribution in [0.3, 0.4) is 0 Å². The number of hydrogen-bond acceptors (Lipinski definition) is 3. The van der Waals surface area contributed by atoms with Gasteiger partial charge in [0.05, 0.1) is 6.07 Å². The van der Waals surface area contributed by atoms with Gasteiger partial charge in [-0.25, -0.2) is 0 Å². The van der Waals surface area contributed by atoms with Gasteiger partial charge in [0.15, 0.2) is 0 Å². The largest absolute Gasteiger partial charge is 0.353 e. The lowest BCUT2D eigenvalue weighted by Gasteiger charge is -2.40. The van der Waals surface area contributed by atoms with E-state index in [2.05, 4.69) is 11.4 Å². The van der Waals surface area contributed by atoms with Gasteiger partial charge >= 0.3 is 0 Å². The van der Waals surface area contributed by atoms with Gasteiger partial charge < -0.3 is 10.2 Å². The van der Waals surface area contributed by atoms with Gasteiger partial charge in [-0.05, 0) is 32.1 Å². The third-order valence-electron chi connectivity index (χ3n) is 4.02. The van der Waals surface area contributed by atoms with E-state index in [1.54, 1.807) is 4.90 Å². The second-order valence-electron chi connectivity index (χ2n) is 5.31. The zero-order chi connectivity index (χ0) is 13.2. The van der Waals surface area contributed by atoms with Crippen LogP contribution in [-0.2, 0) is 9.59 Å². The summed E-state index contributed by atoms with van der Waals surface area (Å²) in [4.78, 5) is 25.0. The molecule has 0 unspecified atom stereocenters. The average Bonchev–Trinajstić information content (AvgIpc) is 2.28. The van der Waals surface area contributed by atoms with E-state index in [1.165, 1.54) is 6.92 Å². The minimum absolute atomic E-state index is 0.00229. The minimum Gasteiger partial charge on any atom is -0.353 e. The molecule has 1 saturated carbocycles. The first-order valence-corrected chi connectivity index (χ1v) is 6.55. The van der Waals surface area contributed by atoms with E-state index in [-0.39, 0.29) is 17.9 Å². The molecule has 5 nitrogen and oxygen atoms in total. The monoisotopic (exact) mass is 249 g/mol. The summed E-state index contributed by atoms with van der Waals surface area (Å²) >= 11 is 0. The van der Waals surface area contributed by atoms with E-state index >= 15 is 0 Å². The molecule has 1 N–H and O–H groups in total. The Kier molecular flexibility index (Phi) is 3.55. The van der Waals surface area contributed by atoms with Crippen LogP contribution in [0.2, 0.25) is 0 Å². The normalized spacial score (nSPS) is 22.8. The molecule has 0 radical (unpaired) electrons. The molecule has 2 fully saturated rings. The van der Waals surface area contributed by atoms with Crippen molar-refractivity contribution >= 4 is 11.8 Å². The Labute approximate surface area is 107 Å². The summed E-state index contributed by atoms with van der Waals surface area (Å²) in [6.07, 6.45) is 3.95. The molecular formula is C13H19N3O2.